The van der Waals surface area contributed by atoms with E-state index < -0.39 is 0 Å². The minimum absolute atomic E-state index is 0.896. The van der Waals surface area contributed by atoms with Crippen LogP contribution in [-0.4, -0.2) is 4.57 Å². The lowest BCUT2D eigenvalue weighted by Gasteiger charge is -2.29. The number of hydrogen-bond acceptors (Lipinski definition) is 2. The van der Waals surface area contributed by atoms with Crippen molar-refractivity contribution in [1.82, 2.24) is 4.57 Å². The summed E-state index contributed by atoms with van der Waals surface area (Å²) < 4.78 is 8.69. The van der Waals surface area contributed by atoms with Crippen LogP contribution in [-0.2, 0) is 0 Å². The van der Waals surface area contributed by atoms with Crippen LogP contribution in [0.3, 0.4) is 0 Å². The van der Waals surface area contributed by atoms with E-state index in [1.54, 1.807) is 0 Å². The van der Waals surface area contributed by atoms with Crippen LogP contribution >= 0.6 is 0 Å². The Balaban J connectivity index is 1.06. The van der Waals surface area contributed by atoms with Crippen molar-refractivity contribution in [3.05, 3.63) is 218 Å². The van der Waals surface area contributed by atoms with Crippen molar-refractivity contribution in [3.8, 4) is 27.9 Å². The smallest absolute Gasteiger partial charge is 0.136 e. The molecule has 0 bridgehead atoms. The summed E-state index contributed by atoms with van der Waals surface area (Å²) in [5.41, 5.74) is 13.1. The fourth-order valence-corrected chi connectivity index (χ4v) is 9.28. The number of nitrogens with zero attached hydrogens (tertiary/aromatic N) is 2. The largest absolute Gasteiger partial charge is 0.456 e. The van der Waals surface area contributed by atoms with Gasteiger partial charge in [0, 0.05) is 44.2 Å². The first-order valence-electron chi connectivity index (χ1n) is 20.2. The quantitative estimate of drug-likeness (QED) is 0.158. The summed E-state index contributed by atoms with van der Waals surface area (Å²) in [6, 6.07) is 78.9. The molecule has 59 heavy (non-hydrogen) atoms. The molecular formula is C56H36N2O. The Kier molecular flexibility index (Phi) is 7.54. The number of para-hydroxylation sites is 4. The molecule has 0 aliphatic rings. The van der Waals surface area contributed by atoms with E-state index in [9.17, 15) is 0 Å². The third-order valence-corrected chi connectivity index (χ3v) is 12.0. The molecule has 3 nitrogen and oxygen atoms in total. The summed E-state index contributed by atoms with van der Waals surface area (Å²) in [4.78, 5) is 2.42. The molecule has 0 saturated carbocycles. The Morgan fingerprint density at radius 2 is 0.949 bits per heavy atom. The van der Waals surface area contributed by atoms with Gasteiger partial charge in [0.05, 0.1) is 16.7 Å². The molecule has 2 heterocycles. The first-order chi connectivity index (χ1) is 29.3. The highest BCUT2D eigenvalue weighted by molar-refractivity contribution is 6.15. The summed E-state index contributed by atoms with van der Waals surface area (Å²) in [6.45, 7) is 0. The highest BCUT2D eigenvalue weighted by Crippen LogP contribution is 2.45. The van der Waals surface area contributed by atoms with Crippen LogP contribution in [0.25, 0.3) is 93.2 Å². The van der Waals surface area contributed by atoms with E-state index in [4.69, 9.17) is 4.42 Å². The third-order valence-electron chi connectivity index (χ3n) is 12.0. The second-order valence-electron chi connectivity index (χ2n) is 15.3. The zero-order valence-corrected chi connectivity index (χ0v) is 32.1. The van der Waals surface area contributed by atoms with Gasteiger partial charge in [-0.25, -0.2) is 0 Å². The summed E-state index contributed by atoms with van der Waals surface area (Å²) >= 11 is 0. The van der Waals surface area contributed by atoms with E-state index in [1.165, 1.54) is 48.9 Å². The summed E-state index contributed by atoms with van der Waals surface area (Å²) in [5, 5.41) is 9.73. The molecule has 0 spiro atoms. The molecule has 0 amide bonds. The Bertz CT molecular complexity index is 3520. The molecule has 0 aliphatic carbocycles. The molecular weight excluding hydrogens is 717 g/mol. The molecule has 0 unspecified atom stereocenters. The average Bonchev–Trinajstić information content (AvgIpc) is 3.85. The van der Waals surface area contributed by atoms with E-state index in [1.807, 2.05) is 12.1 Å². The van der Waals surface area contributed by atoms with Gasteiger partial charge in [-0.15, -0.1) is 0 Å². The van der Waals surface area contributed by atoms with Gasteiger partial charge >= 0.3 is 0 Å². The number of rotatable bonds is 6. The normalized spacial score (nSPS) is 11.7. The minimum Gasteiger partial charge on any atom is -0.456 e. The number of anilines is 3. The number of aromatic nitrogens is 1. The molecule has 0 saturated heterocycles. The zero-order valence-electron chi connectivity index (χ0n) is 32.1. The molecule has 3 heteroatoms. The maximum Gasteiger partial charge on any atom is 0.136 e. The average molecular weight is 753 g/mol. The molecule has 12 aromatic rings. The Labute approximate surface area is 341 Å². The number of furan rings is 1. The fourth-order valence-electron chi connectivity index (χ4n) is 9.28. The van der Waals surface area contributed by atoms with Gasteiger partial charge in [0.25, 0.3) is 0 Å². The van der Waals surface area contributed by atoms with Crippen LogP contribution in [0.15, 0.2) is 223 Å². The van der Waals surface area contributed by atoms with Crippen LogP contribution < -0.4 is 4.90 Å². The van der Waals surface area contributed by atoms with Crippen LogP contribution in [0.5, 0.6) is 0 Å². The van der Waals surface area contributed by atoms with Gasteiger partial charge in [0.1, 0.15) is 11.2 Å². The highest BCUT2D eigenvalue weighted by atomic mass is 16.3. The first-order valence-corrected chi connectivity index (χ1v) is 20.2. The lowest BCUT2D eigenvalue weighted by Crippen LogP contribution is -2.12. The van der Waals surface area contributed by atoms with Gasteiger partial charge in [-0.1, -0.05) is 146 Å². The van der Waals surface area contributed by atoms with Gasteiger partial charge in [-0.2, -0.15) is 0 Å². The standard InChI is InChI=1S/C56H36N2O/c1-2-17-43-39(14-1)34-51(45-19-4-3-18-44(43)45)48-22-7-9-24-52(48)57(40-31-28-37(29-32-40)38-30-33-50-49-23-8-12-27-55(49)59-56(50)35-38)41-15-13-16-42(36-41)58-53-25-10-5-20-46(53)47-21-6-11-26-54(47)58/h1-36H. The predicted molar refractivity (Wildman–Crippen MR) is 249 cm³/mol. The van der Waals surface area contributed by atoms with Crippen molar-refractivity contribution in [2.75, 3.05) is 4.90 Å². The topological polar surface area (TPSA) is 21.3 Å². The van der Waals surface area contributed by atoms with Gasteiger partial charge in [-0.05, 0) is 111 Å². The molecule has 2 aromatic heterocycles. The third kappa shape index (κ3) is 5.36. The van der Waals surface area contributed by atoms with Crippen LogP contribution in [0.2, 0.25) is 0 Å². The second kappa shape index (κ2) is 13.4. The summed E-state index contributed by atoms with van der Waals surface area (Å²) in [7, 11) is 0. The van der Waals surface area contributed by atoms with E-state index in [-0.39, 0.29) is 0 Å². The molecule has 10 aromatic carbocycles. The number of benzene rings is 10. The summed E-state index contributed by atoms with van der Waals surface area (Å²) in [6.07, 6.45) is 0. The monoisotopic (exact) mass is 752 g/mol. The molecule has 0 atom stereocenters. The van der Waals surface area contributed by atoms with Crippen molar-refractivity contribution in [3.63, 3.8) is 0 Å². The summed E-state index contributed by atoms with van der Waals surface area (Å²) in [5.74, 6) is 0. The van der Waals surface area contributed by atoms with Gasteiger partial charge in [-0.3, -0.25) is 0 Å². The zero-order chi connectivity index (χ0) is 38.9. The van der Waals surface area contributed by atoms with E-state index in [2.05, 4.69) is 216 Å². The first kappa shape index (κ1) is 33.3. The van der Waals surface area contributed by atoms with Crippen molar-refractivity contribution >= 4 is 82.4 Å². The minimum atomic E-state index is 0.896. The maximum atomic E-state index is 6.29. The van der Waals surface area contributed by atoms with Gasteiger partial charge in [0.15, 0.2) is 0 Å². The molecule has 0 N–H and O–H groups in total. The van der Waals surface area contributed by atoms with Crippen molar-refractivity contribution in [2.24, 2.45) is 0 Å². The van der Waals surface area contributed by atoms with Gasteiger partial charge < -0.3 is 13.9 Å². The molecule has 0 radical (unpaired) electrons. The number of hydrogen-bond donors (Lipinski definition) is 0. The number of fused-ring (bicyclic) bond motifs is 9. The van der Waals surface area contributed by atoms with Crippen molar-refractivity contribution < 1.29 is 4.42 Å². The lowest BCUT2D eigenvalue weighted by atomic mass is 9.92. The fraction of sp³-hybridized carbons (Fsp3) is 0. The van der Waals surface area contributed by atoms with Crippen LogP contribution in [0, 0.1) is 0 Å². The van der Waals surface area contributed by atoms with Crippen LogP contribution in [0.1, 0.15) is 0 Å². The highest BCUT2D eigenvalue weighted by Gasteiger charge is 2.21. The van der Waals surface area contributed by atoms with E-state index in [0.717, 1.165) is 61.4 Å². The Morgan fingerprint density at radius 3 is 1.75 bits per heavy atom. The SMILES string of the molecule is c1cc(N(c2ccc(-c3ccc4c(c3)oc3ccccc34)cc2)c2ccccc2-c2cc3ccccc3c3ccccc23)cc(-n2c3ccccc3c3ccccc32)c1. The van der Waals surface area contributed by atoms with Crippen molar-refractivity contribution in [2.45, 2.75) is 0 Å². The van der Waals surface area contributed by atoms with Crippen molar-refractivity contribution in [1.29, 1.82) is 0 Å². The van der Waals surface area contributed by atoms with E-state index >= 15 is 0 Å². The molecule has 0 aliphatic heterocycles. The van der Waals surface area contributed by atoms with Gasteiger partial charge in [0.2, 0.25) is 0 Å². The second-order valence-corrected chi connectivity index (χ2v) is 15.3. The Hall–Kier alpha value is -7.88. The lowest BCUT2D eigenvalue weighted by molar-refractivity contribution is 0.669. The molecule has 0 fully saturated rings. The molecule has 276 valence electrons. The predicted octanol–water partition coefficient (Wildman–Crippen LogP) is 15.8. The van der Waals surface area contributed by atoms with Crippen LogP contribution in [0.4, 0.5) is 17.1 Å². The Morgan fingerprint density at radius 1 is 0.339 bits per heavy atom. The van der Waals surface area contributed by atoms with E-state index in [0.29, 0.717) is 0 Å². The maximum absolute atomic E-state index is 6.29. The molecule has 12 rings (SSSR count).